The molecule has 31 heavy (non-hydrogen) atoms. The molecule has 0 aliphatic rings. The van der Waals surface area contributed by atoms with Crippen LogP contribution < -0.4 is 15.6 Å². The van der Waals surface area contributed by atoms with Gasteiger partial charge < -0.3 is 10.1 Å². The van der Waals surface area contributed by atoms with Crippen LogP contribution in [-0.4, -0.2) is 37.1 Å². The lowest BCUT2D eigenvalue weighted by Gasteiger charge is -2.09. The fourth-order valence-corrected chi connectivity index (χ4v) is 3.38. The summed E-state index contributed by atoms with van der Waals surface area (Å²) in [5, 5.41) is 10.9. The number of anilines is 1. The van der Waals surface area contributed by atoms with Crippen LogP contribution in [0.3, 0.4) is 0 Å². The lowest BCUT2D eigenvalue weighted by molar-refractivity contribution is -0.116. The van der Waals surface area contributed by atoms with Crippen molar-refractivity contribution in [1.29, 1.82) is 0 Å². The van der Waals surface area contributed by atoms with Crippen molar-refractivity contribution in [1.82, 2.24) is 24.5 Å². The van der Waals surface area contributed by atoms with E-state index in [0.717, 1.165) is 16.9 Å². The molecule has 2 aromatic carbocycles. The SMILES string of the molecule is CCOc1ccc(-n2nnc3c(=O)n(CC(=O)Nc4cc(C)cc(C)c4)cnc32)cc1. The van der Waals surface area contributed by atoms with Gasteiger partial charge in [-0.05, 0) is 68.3 Å². The van der Waals surface area contributed by atoms with Crippen LogP contribution in [0, 0.1) is 13.8 Å². The van der Waals surface area contributed by atoms with Crippen LogP contribution in [0.2, 0.25) is 0 Å². The van der Waals surface area contributed by atoms with Crippen molar-refractivity contribution in [3.8, 4) is 11.4 Å². The van der Waals surface area contributed by atoms with E-state index in [1.807, 2.05) is 63.2 Å². The Morgan fingerprint density at radius 2 is 1.81 bits per heavy atom. The first-order valence-corrected chi connectivity index (χ1v) is 9.87. The Kier molecular flexibility index (Phi) is 5.48. The molecular weight excluding hydrogens is 396 g/mol. The number of nitrogens with zero attached hydrogens (tertiary/aromatic N) is 5. The van der Waals surface area contributed by atoms with Crippen molar-refractivity contribution in [3.05, 3.63) is 70.3 Å². The lowest BCUT2D eigenvalue weighted by Crippen LogP contribution is -2.28. The van der Waals surface area contributed by atoms with Gasteiger partial charge in [-0.25, -0.2) is 4.98 Å². The van der Waals surface area contributed by atoms with Crippen LogP contribution in [0.1, 0.15) is 18.1 Å². The summed E-state index contributed by atoms with van der Waals surface area (Å²) in [7, 11) is 0. The number of rotatable bonds is 6. The molecule has 0 radical (unpaired) electrons. The second-order valence-electron chi connectivity index (χ2n) is 7.20. The molecule has 0 bridgehead atoms. The number of aromatic nitrogens is 5. The van der Waals surface area contributed by atoms with Gasteiger partial charge in [-0.15, -0.1) is 5.10 Å². The maximum Gasteiger partial charge on any atom is 0.284 e. The average Bonchev–Trinajstić information content (AvgIpc) is 3.15. The van der Waals surface area contributed by atoms with E-state index < -0.39 is 5.56 Å². The van der Waals surface area contributed by atoms with E-state index in [9.17, 15) is 9.59 Å². The van der Waals surface area contributed by atoms with Gasteiger partial charge in [0.25, 0.3) is 5.56 Å². The molecular formula is C22H22N6O3. The molecule has 0 atom stereocenters. The zero-order valence-corrected chi connectivity index (χ0v) is 17.5. The highest BCUT2D eigenvalue weighted by Gasteiger charge is 2.15. The van der Waals surface area contributed by atoms with E-state index in [4.69, 9.17) is 4.74 Å². The first-order chi connectivity index (χ1) is 14.9. The maximum atomic E-state index is 12.8. The Morgan fingerprint density at radius 3 is 2.48 bits per heavy atom. The molecule has 0 spiro atoms. The molecule has 2 heterocycles. The van der Waals surface area contributed by atoms with Crippen molar-refractivity contribution in [3.63, 3.8) is 0 Å². The highest BCUT2D eigenvalue weighted by Crippen LogP contribution is 2.17. The molecule has 0 aliphatic heterocycles. The number of hydrogen-bond acceptors (Lipinski definition) is 6. The van der Waals surface area contributed by atoms with Gasteiger partial charge in [0, 0.05) is 5.69 Å². The van der Waals surface area contributed by atoms with E-state index in [1.54, 1.807) is 0 Å². The third-order valence-electron chi connectivity index (χ3n) is 4.64. The molecule has 9 nitrogen and oxygen atoms in total. The second kappa shape index (κ2) is 8.39. The van der Waals surface area contributed by atoms with Crippen molar-refractivity contribution >= 4 is 22.8 Å². The molecule has 9 heteroatoms. The van der Waals surface area contributed by atoms with Gasteiger partial charge in [-0.1, -0.05) is 11.3 Å². The Morgan fingerprint density at radius 1 is 1.10 bits per heavy atom. The minimum Gasteiger partial charge on any atom is -0.494 e. The Hall–Kier alpha value is -4.01. The largest absolute Gasteiger partial charge is 0.494 e. The number of fused-ring (bicyclic) bond motifs is 1. The summed E-state index contributed by atoms with van der Waals surface area (Å²) in [5.41, 5.74) is 3.45. The average molecular weight is 418 g/mol. The van der Waals surface area contributed by atoms with Gasteiger partial charge in [0.05, 0.1) is 12.3 Å². The van der Waals surface area contributed by atoms with E-state index in [0.29, 0.717) is 23.6 Å². The van der Waals surface area contributed by atoms with Crippen LogP contribution in [0.15, 0.2) is 53.6 Å². The van der Waals surface area contributed by atoms with E-state index in [-0.39, 0.29) is 18.0 Å². The summed E-state index contributed by atoms with van der Waals surface area (Å²) in [4.78, 5) is 29.6. The van der Waals surface area contributed by atoms with Crippen LogP contribution in [-0.2, 0) is 11.3 Å². The van der Waals surface area contributed by atoms with Gasteiger partial charge in [-0.2, -0.15) is 4.68 Å². The standard InChI is InChI=1S/C22H22N6O3/c1-4-31-18-7-5-17(6-8-18)28-21-20(25-26-28)22(30)27(13-23-21)12-19(29)24-16-10-14(2)9-15(3)11-16/h5-11,13H,4,12H2,1-3H3,(H,24,29). The topological polar surface area (TPSA) is 104 Å². The summed E-state index contributed by atoms with van der Waals surface area (Å²) >= 11 is 0. The summed E-state index contributed by atoms with van der Waals surface area (Å²) in [6, 6.07) is 13.0. The van der Waals surface area contributed by atoms with Gasteiger partial charge >= 0.3 is 0 Å². The van der Waals surface area contributed by atoms with Crippen molar-refractivity contribution in [2.45, 2.75) is 27.3 Å². The van der Waals surface area contributed by atoms with Crippen molar-refractivity contribution in [2.75, 3.05) is 11.9 Å². The van der Waals surface area contributed by atoms with Gasteiger partial charge in [-0.3, -0.25) is 14.2 Å². The molecule has 4 aromatic rings. The predicted octanol–water partition coefficient (Wildman–Crippen LogP) is 2.63. The number of ether oxygens (including phenoxy) is 1. The lowest BCUT2D eigenvalue weighted by atomic mass is 10.1. The number of carbonyl (C=O) groups excluding carboxylic acids is 1. The van der Waals surface area contributed by atoms with E-state index >= 15 is 0 Å². The quantitative estimate of drug-likeness (QED) is 0.516. The fourth-order valence-electron chi connectivity index (χ4n) is 3.38. The summed E-state index contributed by atoms with van der Waals surface area (Å²) in [6.07, 6.45) is 1.33. The minimum atomic E-state index is -0.433. The number of amides is 1. The maximum absolute atomic E-state index is 12.8. The molecule has 2 aromatic heterocycles. The summed E-state index contributed by atoms with van der Waals surface area (Å²) in [5.74, 6) is 0.410. The molecule has 0 saturated heterocycles. The molecule has 0 aliphatic carbocycles. The first kappa shape index (κ1) is 20.3. The van der Waals surface area contributed by atoms with Gasteiger partial charge in [0.15, 0.2) is 11.2 Å². The third-order valence-corrected chi connectivity index (χ3v) is 4.64. The molecule has 0 saturated carbocycles. The minimum absolute atomic E-state index is 0.0931. The zero-order valence-electron chi connectivity index (χ0n) is 17.5. The van der Waals surface area contributed by atoms with Crippen molar-refractivity contribution in [2.24, 2.45) is 0 Å². The fraction of sp³-hybridized carbons (Fsp3) is 0.227. The van der Waals surface area contributed by atoms with Crippen LogP contribution >= 0.6 is 0 Å². The number of carbonyl (C=O) groups is 1. The summed E-state index contributed by atoms with van der Waals surface area (Å²) in [6.45, 7) is 6.22. The first-order valence-electron chi connectivity index (χ1n) is 9.87. The van der Waals surface area contributed by atoms with Crippen LogP contribution in [0.25, 0.3) is 16.9 Å². The van der Waals surface area contributed by atoms with E-state index in [1.165, 1.54) is 15.6 Å². The Balaban J connectivity index is 1.57. The number of benzene rings is 2. The zero-order chi connectivity index (χ0) is 22.0. The van der Waals surface area contributed by atoms with Crippen LogP contribution in [0.5, 0.6) is 5.75 Å². The van der Waals surface area contributed by atoms with Crippen molar-refractivity contribution < 1.29 is 9.53 Å². The van der Waals surface area contributed by atoms with E-state index in [2.05, 4.69) is 20.6 Å². The molecule has 158 valence electrons. The molecule has 1 N–H and O–H groups in total. The Labute approximate surface area is 178 Å². The Bertz CT molecular complexity index is 1290. The predicted molar refractivity (Wildman–Crippen MR) is 117 cm³/mol. The summed E-state index contributed by atoms with van der Waals surface area (Å²) < 4.78 is 8.14. The molecule has 0 unspecified atom stereocenters. The normalized spacial score (nSPS) is 10.9. The van der Waals surface area contributed by atoms with Gasteiger partial charge in [0.1, 0.15) is 18.6 Å². The number of nitrogens with one attached hydrogen (secondary N) is 1. The monoisotopic (exact) mass is 418 g/mol. The third kappa shape index (κ3) is 4.30. The smallest absolute Gasteiger partial charge is 0.284 e. The second-order valence-corrected chi connectivity index (χ2v) is 7.20. The molecule has 4 rings (SSSR count). The highest BCUT2D eigenvalue weighted by atomic mass is 16.5. The molecule has 1 amide bonds. The number of aryl methyl sites for hydroxylation is 2. The molecule has 0 fully saturated rings. The number of hydrogen-bond donors (Lipinski definition) is 1. The highest BCUT2D eigenvalue weighted by molar-refractivity contribution is 5.90. The van der Waals surface area contributed by atoms with Gasteiger partial charge in [0.2, 0.25) is 5.91 Å². The van der Waals surface area contributed by atoms with Crippen LogP contribution in [0.4, 0.5) is 5.69 Å².